The number of aliphatic carboxylic acids is 1. The Balaban J connectivity index is 3.21. The number of carboxylic acids is 1. The lowest BCUT2D eigenvalue weighted by Crippen LogP contribution is -2.51. The fourth-order valence-electron chi connectivity index (χ4n) is 1.55. The number of nitrogens with one attached hydrogen (secondary N) is 1. The van der Waals surface area contributed by atoms with E-state index in [1.165, 1.54) is 36.9 Å². The lowest BCUT2D eigenvalue weighted by Gasteiger charge is -2.28. The van der Waals surface area contributed by atoms with Gasteiger partial charge in [-0.2, -0.15) is 11.8 Å². The summed E-state index contributed by atoms with van der Waals surface area (Å²) in [5, 5.41) is 12.3. The minimum atomic E-state index is -1.59. The first-order chi connectivity index (χ1) is 9.20. The summed E-state index contributed by atoms with van der Waals surface area (Å²) in [7, 11) is 0. The zero-order valence-corrected chi connectivity index (χ0v) is 13.6. The topological polar surface area (TPSA) is 66.4 Å². The van der Waals surface area contributed by atoms with E-state index in [1.807, 2.05) is 0 Å². The van der Waals surface area contributed by atoms with E-state index >= 15 is 0 Å². The molecule has 1 amide bonds. The van der Waals surface area contributed by atoms with E-state index in [0.29, 0.717) is 15.6 Å². The second-order valence-electron chi connectivity index (χ2n) is 4.46. The number of halogens is 2. The fourth-order valence-corrected chi connectivity index (χ4v) is 2.35. The van der Waals surface area contributed by atoms with E-state index in [4.69, 9.17) is 23.2 Å². The molecule has 2 unspecified atom stereocenters. The maximum absolute atomic E-state index is 12.0. The van der Waals surface area contributed by atoms with Gasteiger partial charge in [0.1, 0.15) is 0 Å². The molecule has 7 heteroatoms. The highest BCUT2D eigenvalue weighted by Gasteiger charge is 2.38. The van der Waals surface area contributed by atoms with Gasteiger partial charge in [-0.25, -0.2) is 4.79 Å². The molecule has 4 nitrogen and oxygen atoms in total. The van der Waals surface area contributed by atoms with Crippen LogP contribution in [0.15, 0.2) is 18.2 Å². The maximum Gasteiger partial charge on any atom is 0.333 e. The second kappa shape index (κ2) is 6.70. The Morgan fingerprint density at radius 1 is 1.30 bits per heavy atom. The van der Waals surface area contributed by atoms with Gasteiger partial charge in [-0.3, -0.25) is 4.79 Å². The van der Waals surface area contributed by atoms with Crippen molar-refractivity contribution in [1.82, 2.24) is 5.32 Å². The average Bonchev–Trinajstić information content (AvgIpc) is 2.35. The quantitative estimate of drug-likeness (QED) is 0.867. The molecule has 0 aromatic heterocycles. The summed E-state index contributed by atoms with van der Waals surface area (Å²) in [6.07, 6.45) is 1.78. The molecule has 0 fully saturated rings. The van der Waals surface area contributed by atoms with Crippen molar-refractivity contribution in [1.29, 1.82) is 0 Å². The van der Waals surface area contributed by atoms with Crippen LogP contribution in [0.2, 0.25) is 10.0 Å². The van der Waals surface area contributed by atoms with Crippen LogP contribution in [-0.2, 0) is 15.1 Å². The number of amides is 1. The van der Waals surface area contributed by atoms with Gasteiger partial charge in [0, 0.05) is 10.0 Å². The van der Waals surface area contributed by atoms with Crippen molar-refractivity contribution < 1.29 is 14.7 Å². The van der Waals surface area contributed by atoms with Gasteiger partial charge in [-0.05, 0) is 43.9 Å². The van der Waals surface area contributed by atoms with Gasteiger partial charge in [-0.15, -0.1) is 0 Å². The van der Waals surface area contributed by atoms with E-state index in [0.717, 1.165) is 0 Å². The first-order valence-corrected chi connectivity index (χ1v) is 7.80. The predicted molar refractivity (Wildman–Crippen MR) is 82.6 cm³/mol. The molecular weight excluding hydrogens is 321 g/mol. The van der Waals surface area contributed by atoms with Crippen LogP contribution in [0.5, 0.6) is 0 Å². The molecule has 0 spiro atoms. The molecule has 0 saturated heterocycles. The van der Waals surface area contributed by atoms with Gasteiger partial charge < -0.3 is 10.4 Å². The Hall–Kier alpha value is -0.910. The second-order valence-corrected chi connectivity index (χ2v) is 6.51. The summed E-state index contributed by atoms with van der Waals surface area (Å²) < 4.78 is 0. The molecule has 1 aromatic carbocycles. The number of carbonyl (C=O) groups is 2. The lowest BCUT2D eigenvalue weighted by atomic mass is 9.92. The van der Waals surface area contributed by atoms with Gasteiger partial charge in [0.15, 0.2) is 5.54 Å². The van der Waals surface area contributed by atoms with Crippen LogP contribution in [0.25, 0.3) is 0 Å². The Bertz CT molecular complexity index is 518. The number of benzene rings is 1. The van der Waals surface area contributed by atoms with E-state index < -0.39 is 11.5 Å². The third-order valence-corrected chi connectivity index (χ3v) is 4.32. The van der Waals surface area contributed by atoms with Crippen molar-refractivity contribution in [3.63, 3.8) is 0 Å². The zero-order valence-electron chi connectivity index (χ0n) is 11.2. The molecule has 0 heterocycles. The van der Waals surface area contributed by atoms with Crippen molar-refractivity contribution in [2.45, 2.75) is 24.6 Å². The fraction of sp³-hybridized carbons (Fsp3) is 0.385. The zero-order chi connectivity index (χ0) is 15.5. The van der Waals surface area contributed by atoms with Crippen LogP contribution in [0.4, 0.5) is 0 Å². The lowest BCUT2D eigenvalue weighted by molar-refractivity contribution is -0.147. The van der Waals surface area contributed by atoms with Crippen LogP contribution in [-0.4, -0.2) is 28.5 Å². The van der Waals surface area contributed by atoms with Crippen molar-refractivity contribution in [3.8, 4) is 0 Å². The van der Waals surface area contributed by atoms with Gasteiger partial charge in [0.2, 0.25) is 5.91 Å². The molecule has 1 aromatic rings. The minimum Gasteiger partial charge on any atom is -0.479 e. The Kier molecular flexibility index (Phi) is 5.74. The maximum atomic E-state index is 12.0. The molecule has 1 rings (SSSR count). The number of rotatable bonds is 5. The first kappa shape index (κ1) is 17.1. The van der Waals surface area contributed by atoms with Crippen LogP contribution < -0.4 is 5.32 Å². The van der Waals surface area contributed by atoms with Crippen LogP contribution >= 0.6 is 35.0 Å². The molecule has 0 bridgehead atoms. The summed E-state index contributed by atoms with van der Waals surface area (Å²) >= 11 is 13.1. The molecule has 20 heavy (non-hydrogen) atoms. The van der Waals surface area contributed by atoms with Gasteiger partial charge in [-0.1, -0.05) is 23.2 Å². The monoisotopic (exact) mass is 335 g/mol. The highest BCUT2D eigenvalue weighted by atomic mass is 35.5. The Morgan fingerprint density at radius 2 is 1.80 bits per heavy atom. The van der Waals surface area contributed by atoms with Crippen molar-refractivity contribution in [2.24, 2.45) is 0 Å². The SMILES string of the molecule is CSC(C)C(=O)NC(C)(C(=O)O)c1cc(Cl)cc(Cl)c1. The standard InChI is InChI=1S/C13H15Cl2NO3S/c1-7(20-3)11(17)16-13(2,12(18)19)8-4-9(14)6-10(15)5-8/h4-7H,1-3H3,(H,16,17)(H,18,19). The number of thioether (sulfide) groups is 1. The summed E-state index contributed by atoms with van der Waals surface area (Å²) in [4.78, 5) is 23.6. The Labute approximate surface area is 131 Å². The average molecular weight is 336 g/mol. The van der Waals surface area contributed by atoms with Gasteiger partial charge in [0.05, 0.1) is 5.25 Å². The first-order valence-electron chi connectivity index (χ1n) is 5.75. The Morgan fingerprint density at radius 3 is 2.20 bits per heavy atom. The van der Waals surface area contributed by atoms with Crippen molar-refractivity contribution in [3.05, 3.63) is 33.8 Å². The predicted octanol–water partition coefficient (Wildman–Crippen LogP) is 3.16. The van der Waals surface area contributed by atoms with E-state index in [1.54, 1.807) is 13.2 Å². The molecular formula is C13H15Cl2NO3S. The number of carboxylic acid groups (broad SMARTS) is 1. The molecule has 0 saturated carbocycles. The molecule has 2 N–H and O–H groups in total. The highest BCUT2D eigenvalue weighted by Crippen LogP contribution is 2.28. The normalized spacial score (nSPS) is 15.2. The molecule has 2 atom stereocenters. The summed E-state index contributed by atoms with van der Waals surface area (Å²) in [6, 6.07) is 4.46. The summed E-state index contributed by atoms with van der Waals surface area (Å²) in [6.45, 7) is 3.11. The number of hydrogen-bond acceptors (Lipinski definition) is 3. The molecule has 0 aliphatic carbocycles. The number of carbonyl (C=O) groups excluding carboxylic acids is 1. The van der Waals surface area contributed by atoms with E-state index in [9.17, 15) is 14.7 Å². The smallest absolute Gasteiger partial charge is 0.333 e. The summed E-state index contributed by atoms with van der Waals surface area (Å²) in [5.74, 6) is -1.55. The van der Waals surface area contributed by atoms with Gasteiger partial charge in [0.25, 0.3) is 0 Å². The third kappa shape index (κ3) is 3.81. The highest BCUT2D eigenvalue weighted by molar-refractivity contribution is 7.99. The minimum absolute atomic E-state index is 0.312. The van der Waals surface area contributed by atoms with Crippen LogP contribution in [0.1, 0.15) is 19.4 Å². The van der Waals surface area contributed by atoms with Crippen LogP contribution in [0, 0.1) is 0 Å². The molecule has 0 aliphatic rings. The van der Waals surface area contributed by atoms with Crippen molar-refractivity contribution in [2.75, 3.05) is 6.26 Å². The summed E-state index contributed by atoms with van der Waals surface area (Å²) in [5.41, 5.74) is -1.26. The van der Waals surface area contributed by atoms with Gasteiger partial charge >= 0.3 is 5.97 Å². The molecule has 110 valence electrons. The number of hydrogen-bond donors (Lipinski definition) is 2. The van der Waals surface area contributed by atoms with Crippen molar-refractivity contribution >= 4 is 46.8 Å². The largest absolute Gasteiger partial charge is 0.479 e. The van der Waals surface area contributed by atoms with E-state index in [-0.39, 0.29) is 11.2 Å². The molecule has 0 radical (unpaired) electrons. The van der Waals surface area contributed by atoms with E-state index in [2.05, 4.69) is 5.32 Å². The third-order valence-electron chi connectivity index (χ3n) is 2.96. The molecule has 0 aliphatic heterocycles. The van der Waals surface area contributed by atoms with Crippen LogP contribution in [0.3, 0.4) is 0 Å².